The number of nitrogens with one attached hydrogen (secondary N) is 2. The van der Waals surface area contributed by atoms with E-state index in [1.807, 2.05) is 0 Å². The van der Waals surface area contributed by atoms with Crippen LogP contribution in [-0.4, -0.2) is 20.1 Å². The molecule has 0 bridgehead atoms. The van der Waals surface area contributed by atoms with E-state index in [1.54, 1.807) is 0 Å². The molecule has 0 spiro atoms. The minimum Gasteiger partial charge on any atom is -0.696 e. The fourth-order valence-corrected chi connectivity index (χ4v) is 0. The van der Waals surface area contributed by atoms with Crippen LogP contribution >= 0.6 is 0 Å². The van der Waals surface area contributed by atoms with Crippen molar-refractivity contribution in [2.24, 2.45) is 9.98 Å². The van der Waals surface area contributed by atoms with Gasteiger partial charge in [0.05, 0.1) is 0 Å². The zero-order chi connectivity index (χ0) is 8.12. The molecular formula is C5H12N4Y2-4. The number of aliphatic imine (C=N–C) groups is 2. The summed E-state index contributed by atoms with van der Waals surface area (Å²) in [7, 11) is 6.00. The summed E-state index contributed by atoms with van der Waals surface area (Å²) in [5, 5.41) is 0. The Morgan fingerprint density at radius 1 is 1.00 bits per heavy atom. The molecule has 0 aromatic heterocycles. The topological polar surface area (TPSA) is 72.3 Å². The molecule has 11 heavy (non-hydrogen) atoms. The van der Waals surface area contributed by atoms with Gasteiger partial charge < -0.3 is 21.5 Å². The van der Waals surface area contributed by atoms with Crippen molar-refractivity contribution in [3.8, 4) is 0 Å². The monoisotopic (exact) mass is 306 g/mol. The molecule has 0 aliphatic rings. The third-order valence-electron chi connectivity index (χ3n) is 0. The SMILES string of the molecule is C=N[CH2-].C=N[CH2-].[NH-]C[NH-].[Y].[Y]. The third-order valence-corrected chi connectivity index (χ3v) is 0. The first-order valence-corrected chi connectivity index (χ1v) is 1.97. The van der Waals surface area contributed by atoms with Crippen LogP contribution in [-0.2, 0) is 65.4 Å². The van der Waals surface area contributed by atoms with E-state index in [0.29, 0.717) is 0 Å². The minimum absolute atomic E-state index is 0. The predicted molar refractivity (Wildman–Crippen MR) is 43.3 cm³/mol. The summed E-state index contributed by atoms with van der Waals surface area (Å²) in [6.45, 7) is 5.75. The molecule has 0 fully saturated rings. The summed E-state index contributed by atoms with van der Waals surface area (Å²) in [6, 6.07) is 0. The molecule has 6 heteroatoms. The minimum atomic E-state index is -0.250. The molecule has 0 amide bonds. The smallest absolute Gasteiger partial charge is 0 e. The first-order chi connectivity index (χ1) is 4.24. The zero-order valence-electron chi connectivity index (χ0n) is 6.58. The Bertz CT molecular complexity index is 45.7. The molecule has 0 unspecified atom stereocenters. The maximum Gasteiger partial charge on any atom is 0 e. The quantitative estimate of drug-likeness (QED) is 0.485. The molecule has 2 N–H and O–H groups in total. The Hall–Kier alpha value is 1.21. The van der Waals surface area contributed by atoms with Crippen LogP contribution in [0.5, 0.6) is 0 Å². The molecule has 0 aromatic carbocycles. The van der Waals surface area contributed by atoms with Crippen LogP contribution in [0, 0.1) is 14.1 Å². The summed E-state index contributed by atoms with van der Waals surface area (Å²) < 4.78 is 0. The number of nitrogens with zero attached hydrogens (tertiary/aromatic N) is 2. The van der Waals surface area contributed by atoms with E-state index < -0.39 is 0 Å². The summed E-state index contributed by atoms with van der Waals surface area (Å²) in [5.74, 6) is 0. The van der Waals surface area contributed by atoms with Crippen LogP contribution in [0.2, 0.25) is 0 Å². The van der Waals surface area contributed by atoms with Crippen molar-refractivity contribution in [3.63, 3.8) is 0 Å². The summed E-state index contributed by atoms with van der Waals surface area (Å²) >= 11 is 0. The second-order valence-corrected chi connectivity index (χ2v) is 0.624. The van der Waals surface area contributed by atoms with Gasteiger partial charge >= 0.3 is 0 Å². The van der Waals surface area contributed by atoms with Gasteiger partial charge in [-0.3, -0.25) is 6.67 Å². The molecule has 0 aromatic rings. The zero-order valence-corrected chi connectivity index (χ0v) is 12.3. The Labute approximate surface area is 119 Å². The van der Waals surface area contributed by atoms with E-state index in [4.69, 9.17) is 11.5 Å². The van der Waals surface area contributed by atoms with Crippen LogP contribution in [0.4, 0.5) is 0 Å². The molecule has 0 saturated heterocycles. The van der Waals surface area contributed by atoms with E-state index in [1.165, 1.54) is 0 Å². The van der Waals surface area contributed by atoms with Gasteiger partial charge in [0.2, 0.25) is 0 Å². The average Bonchev–Trinajstić information content (AvgIpc) is 1.70. The van der Waals surface area contributed by atoms with Gasteiger partial charge in [-0.2, -0.15) is 27.5 Å². The molecule has 4 nitrogen and oxygen atoms in total. The second-order valence-electron chi connectivity index (χ2n) is 0.624. The Morgan fingerprint density at radius 3 is 1.00 bits per heavy atom. The Kier molecular flexibility index (Phi) is 177. The molecular weight excluding hydrogens is 294 g/mol. The van der Waals surface area contributed by atoms with E-state index >= 15 is 0 Å². The van der Waals surface area contributed by atoms with Crippen molar-refractivity contribution in [1.29, 1.82) is 0 Å². The van der Waals surface area contributed by atoms with Gasteiger partial charge in [0.1, 0.15) is 0 Å². The molecule has 0 saturated carbocycles. The van der Waals surface area contributed by atoms with E-state index in [2.05, 4.69) is 37.5 Å². The third kappa shape index (κ3) is 651. The molecule has 0 heterocycles. The van der Waals surface area contributed by atoms with Crippen LogP contribution in [0.15, 0.2) is 9.98 Å². The van der Waals surface area contributed by atoms with Crippen molar-refractivity contribution >= 4 is 13.4 Å². The number of rotatable bonds is 0. The van der Waals surface area contributed by atoms with Crippen molar-refractivity contribution in [3.05, 3.63) is 25.6 Å². The van der Waals surface area contributed by atoms with Crippen molar-refractivity contribution in [2.45, 2.75) is 0 Å². The number of hydrogen-bond acceptors (Lipinski definition) is 2. The predicted octanol–water partition coefficient (Wildman–Crippen LogP) is 2.00. The van der Waals surface area contributed by atoms with Crippen molar-refractivity contribution in [2.75, 3.05) is 6.67 Å². The van der Waals surface area contributed by atoms with Gasteiger partial charge in [0.15, 0.2) is 0 Å². The standard InChI is InChI=1S/2C2H4N.CH4N2.2Y/c2*1-3-2;2-1-3;;/h2*1-2H2;2-3H,1H2;;/q2*-1;-2;;. The fourth-order valence-electron chi connectivity index (χ4n) is 0. The van der Waals surface area contributed by atoms with Gasteiger partial charge in [-0.1, -0.05) is 0 Å². The van der Waals surface area contributed by atoms with E-state index in [0.717, 1.165) is 0 Å². The first kappa shape index (κ1) is 29.5. The van der Waals surface area contributed by atoms with Crippen LogP contribution < -0.4 is 0 Å². The van der Waals surface area contributed by atoms with Crippen molar-refractivity contribution < 1.29 is 65.4 Å². The van der Waals surface area contributed by atoms with Crippen LogP contribution in [0.1, 0.15) is 0 Å². The Morgan fingerprint density at radius 2 is 1.00 bits per heavy atom. The molecule has 0 rings (SSSR count). The summed E-state index contributed by atoms with van der Waals surface area (Å²) in [5.41, 5.74) is 11.8. The second kappa shape index (κ2) is 66.0. The molecule has 2 radical (unpaired) electrons. The van der Waals surface area contributed by atoms with E-state index in [-0.39, 0.29) is 72.1 Å². The summed E-state index contributed by atoms with van der Waals surface area (Å²) in [4.78, 5) is 6.00. The first-order valence-electron chi connectivity index (χ1n) is 1.97. The van der Waals surface area contributed by atoms with Gasteiger partial charge in [0, 0.05) is 65.4 Å². The average molecular weight is 306 g/mol. The molecule has 0 atom stereocenters. The summed E-state index contributed by atoms with van der Waals surface area (Å²) in [6.07, 6.45) is 0. The van der Waals surface area contributed by atoms with Gasteiger partial charge in [-0.15, -0.1) is 0 Å². The largest absolute Gasteiger partial charge is 0.696 e. The normalized spacial score (nSPS) is 3.82. The molecule has 0 aliphatic carbocycles. The van der Waals surface area contributed by atoms with Crippen LogP contribution in [0.25, 0.3) is 11.5 Å². The molecule has 62 valence electrons. The molecule has 0 aliphatic heterocycles. The number of hydrogen-bond donors (Lipinski definition) is 0. The maximum atomic E-state index is 5.88. The fraction of sp³-hybridized carbons (Fsp3) is 0.200. The van der Waals surface area contributed by atoms with E-state index in [9.17, 15) is 0 Å². The Balaban J connectivity index is -0.0000000150. The van der Waals surface area contributed by atoms with Gasteiger partial charge in [-0.05, 0) is 0 Å². The van der Waals surface area contributed by atoms with Gasteiger partial charge in [-0.25, -0.2) is 0 Å². The van der Waals surface area contributed by atoms with Gasteiger partial charge in [0.25, 0.3) is 0 Å². The van der Waals surface area contributed by atoms with Crippen LogP contribution in [0.3, 0.4) is 0 Å². The van der Waals surface area contributed by atoms with Crippen molar-refractivity contribution in [1.82, 2.24) is 0 Å². The maximum absolute atomic E-state index is 5.88.